The number of anilines is 1. The molecule has 0 saturated heterocycles. The zero-order chi connectivity index (χ0) is 13.8. The lowest BCUT2D eigenvalue weighted by molar-refractivity contribution is 0.250. The number of carbonyl (C=O) groups is 1. The molecule has 0 unspecified atom stereocenters. The van der Waals surface area contributed by atoms with Gasteiger partial charge in [0.05, 0.1) is 12.0 Å². The van der Waals surface area contributed by atoms with Gasteiger partial charge >= 0.3 is 6.03 Å². The molecule has 0 radical (unpaired) electrons. The molecule has 19 heavy (non-hydrogen) atoms. The van der Waals surface area contributed by atoms with E-state index in [9.17, 15) is 4.79 Å². The maximum atomic E-state index is 11.6. The van der Waals surface area contributed by atoms with Crippen molar-refractivity contribution in [3.05, 3.63) is 36.3 Å². The third-order valence-electron chi connectivity index (χ3n) is 2.67. The summed E-state index contributed by atoms with van der Waals surface area (Å²) in [5.74, 6) is 0. The second-order valence-electron chi connectivity index (χ2n) is 4.71. The van der Waals surface area contributed by atoms with Crippen LogP contribution in [0.25, 0.3) is 11.3 Å². The Morgan fingerprint density at radius 2 is 1.95 bits per heavy atom. The molecule has 0 aliphatic rings. The highest BCUT2D eigenvalue weighted by molar-refractivity contribution is 5.89. The standard InChI is InChI=1S/C14H18N4O/c1-9(2)17-14(19)18-12-6-4-11(5-7-12)13-10(3)15-8-16-13/h4-9H,1-3H3,(H,15,16)(H2,17,18,19). The molecule has 1 aromatic heterocycles. The molecule has 0 spiro atoms. The Balaban J connectivity index is 2.07. The van der Waals surface area contributed by atoms with Crippen molar-refractivity contribution in [1.29, 1.82) is 0 Å². The van der Waals surface area contributed by atoms with E-state index in [1.807, 2.05) is 45.0 Å². The van der Waals surface area contributed by atoms with Crippen molar-refractivity contribution >= 4 is 11.7 Å². The van der Waals surface area contributed by atoms with E-state index in [-0.39, 0.29) is 12.1 Å². The van der Waals surface area contributed by atoms with E-state index >= 15 is 0 Å². The molecule has 0 atom stereocenters. The Morgan fingerprint density at radius 1 is 1.26 bits per heavy atom. The highest BCUT2D eigenvalue weighted by Crippen LogP contribution is 2.21. The van der Waals surface area contributed by atoms with Crippen LogP contribution in [-0.2, 0) is 0 Å². The van der Waals surface area contributed by atoms with Crippen molar-refractivity contribution in [3.63, 3.8) is 0 Å². The molecule has 1 aromatic carbocycles. The molecular weight excluding hydrogens is 240 g/mol. The molecular formula is C14H18N4O. The van der Waals surface area contributed by atoms with Crippen LogP contribution in [-0.4, -0.2) is 22.0 Å². The van der Waals surface area contributed by atoms with Crippen LogP contribution in [0.1, 0.15) is 19.5 Å². The molecule has 0 fully saturated rings. The van der Waals surface area contributed by atoms with Gasteiger partial charge in [0.1, 0.15) is 0 Å². The number of aromatic nitrogens is 2. The first-order chi connectivity index (χ1) is 9.06. The molecule has 1 heterocycles. The number of hydrogen-bond donors (Lipinski definition) is 3. The van der Waals surface area contributed by atoms with Crippen LogP contribution >= 0.6 is 0 Å². The van der Waals surface area contributed by atoms with Gasteiger partial charge in [0, 0.05) is 23.0 Å². The molecule has 2 aromatic rings. The van der Waals surface area contributed by atoms with Gasteiger partial charge in [-0.3, -0.25) is 0 Å². The summed E-state index contributed by atoms with van der Waals surface area (Å²) < 4.78 is 0. The summed E-state index contributed by atoms with van der Waals surface area (Å²) in [5.41, 5.74) is 3.74. The van der Waals surface area contributed by atoms with Gasteiger partial charge in [-0.25, -0.2) is 9.78 Å². The number of rotatable bonds is 3. The molecule has 0 saturated carbocycles. The van der Waals surface area contributed by atoms with E-state index < -0.39 is 0 Å². The maximum Gasteiger partial charge on any atom is 0.319 e. The summed E-state index contributed by atoms with van der Waals surface area (Å²) in [6.07, 6.45) is 1.67. The van der Waals surface area contributed by atoms with Gasteiger partial charge < -0.3 is 15.6 Å². The zero-order valence-electron chi connectivity index (χ0n) is 11.3. The summed E-state index contributed by atoms with van der Waals surface area (Å²) in [4.78, 5) is 18.9. The smallest absolute Gasteiger partial charge is 0.319 e. The normalized spacial score (nSPS) is 10.5. The van der Waals surface area contributed by atoms with Crippen molar-refractivity contribution in [2.24, 2.45) is 0 Å². The number of nitrogens with zero attached hydrogens (tertiary/aromatic N) is 1. The van der Waals surface area contributed by atoms with Gasteiger partial charge in [0.2, 0.25) is 0 Å². The molecule has 0 aliphatic heterocycles. The fraction of sp³-hybridized carbons (Fsp3) is 0.286. The van der Waals surface area contributed by atoms with Crippen molar-refractivity contribution < 1.29 is 4.79 Å². The van der Waals surface area contributed by atoms with Crippen molar-refractivity contribution in [2.45, 2.75) is 26.8 Å². The van der Waals surface area contributed by atoms with Crippen LogP contribution in [0.2, 0.25) is 0 Å². The minimum absolute atomic E-state index is 0.117. The maximum absolute atomic E-state index is 11.6. The Morgan fingerprint density at radius 3 is 2.47 bits per heavy atom. The average molecular weight is 258 g/mol. The number of benzene rings is 1. The molecule has 3 N–H and O–H groups in total. The summed E-state index contributed by atoms with van der Waals surface area (Å²) in [6, 6.07) is 7.53. The number of aryl methyl sites for hydroxylation is 1. The Kier molecular flexibility index (Phi) is 3.85. The van der Waals surface area contributed by atoms with E-state index in [1.165, 1.54) is 0 Å². The quantitative estimate of drug-likeness (QED) is 0.792. The SMILES string of the molecule is Cc1[nH]cnc1-c1ccc(NC(=O)NC(C)C)cc1. The van der Waals surface area contributed by atoms with E-state index in [0.29, 0.717) is 0 Å². The first-order valence-electron chi connectivity index (χ1n) is 6.24. The second-order valence-corrected chi connectivity index (χ2v) is 4.71. The highest BCUT2D eigenvalue weighted by Gasteiger charge is 2.06. The predicted molar refractivity (Wildman–Crippen MR) is 76.1 cm³/mol. The minimum atomic E-state index is -0.196. The number of H-pyrrole nitrogens is 1. The lowest BCUT2D eigenvalue weighted by atomic mass is 10.1. The first-order valence-corrected chi connectivity index (χ1v) is 6.24. The molecule has 0 aliphatic carbocycles. The fourth-order valence-electron chi connectivity index (χ4n) is 1.79. The minimum Gasteiger partial charge on any atom is -0.348 e. The van der Waals surface area contributed by atoms with Crippen molar-refractivity contribution in [2.75, 3.05) is 5.32 Å². The molecule has 5 heteroatoms. The number of carbonyl (C=O) groups excluding carboxylic acids is 1. The lowest BCUT2D eigenvalue weighted by Crippen LogP contribution is -2.34. The third kappa shape index (κ3) is 3.34. The van der Waals surface area contributed by atoms with E-state index in [2.05, 4.69) is 20.6 Å². The molecule has 5 nitrogen and oxygen atoms in total. The van der Waals surface area contributed by atoms with Gasteiger partial charge in [0.25, 0.3) is 0 Å². The lowest BCUT2D eigenvalue weighted by Gasteiger charge is -2.10. The van der Waals surface area contributed by atoms with Crippen LogP contribution in [0.3, 0.4) is 0 Å². The summed E-state index contributed by atoms with van der Waals surface area (Å²) in [6.45, 7) is 5.82. The summed E-state index contributed by atoms with van der Waals surface area (Å²) in [5, 5.41) is 5.56. The molecule has 2 amide bonds. The van der Waals surface area contributed by atoms with Crippen molar-refractivity contribution in [3.8, 4) is 11.3 Å². The number of amides is 2. The number of aromatic amines is 1. The summed E-state index contributed by atoms with van der Waals surface area (Å²) in [7, 11) is 0. The average Bonchev–Trinajstić information content (AvgIpc) is 2.75. The van der Waals surface area contributed by atoms with Gasteiger partial charge in [0.15, 0.2) is 0 Å². The Bertz CT molecular complexity index is 557. The number of nitrogens with one attached hydrogen (secondary N) is 3. The van der Waals surface area contributed by atoms with Crippen LogP contribution < -0.4 is 10.6 Å². The number of hydrogen-bond acceptors (Lipinski definition) is 2. The van der Waals surface area contributed by atoms with Crippen LogP contribution in [0.4, 0.5) is 10.5 Å². The van der Waals surface area contributed by atoms with Crippen LogP contribution in [0, 0.1) is 6.92 Å². The number of imidazole rings is 1. The van der Waals surface area contributed by atoms with Gasteiger partial charge in [-0.05, 0) is 32.9 Å². The zero-order valence-corrected chi connectivity index (χ0v) is 11.3. The van der Waals surface area contributed by atoms with E-state index in [0.717, 1.165) is 22.6 Å². The predicted octanol–water partition coefficient (Wildman–Crippen LogP) is 2.92. The molecule has 100 valence electrons. The van der Waals surface area contributed by atoms with E-state index in [1.54, 1.807) is 6.33 Å². The summed E-state index contributed by atoms with van der Waals surface area (Å²) >= 11 is 0. The second kappa shape index (κ2) is 5.56. The molecule has 0 bridgehead atoms. The Labute approximate surface area is 112 Å². The third-order valence-corrected chi connectivity index (χ3v) is 2.67. The number of urea groups is 1. The Hall–Kier alpha value is -2.30. The van der Waals surface area contributed by atoms with Gasteiger partial charge in [-0.15, -0.1) is 0 Å². The van der Waals surface area contributed by atoms with E-state index in [4.69, 9.17) is 0 Å². The van der Waals surface area contributed by atoms with Gasteiger partial charge in [-0.1, -0.05) is 12.1 Å². The molecule has 2 rings (SSSR count). The van der Waals surface area contributed by atoms with Crippen molar-refractivity contribution in [1.82, 2.24) is 15.3 Å². The van der Waals surface area contributed by atoms with Crippen LogP contribution in [0.5, 0.6) is 0 Å². The monoisotopic (exact) mass is 258 g/mol. The highest BCUT2D eigenvalue weighted by atomic mass is 16.2. The fourth-order valence-corrected chi connectivity index (χ4v) is 1.79. The van der Waals surface area contributed by atoms with Gasteiger partial charge in [-0.2, -0.15) is 0 Å². The van der Waals surface area contributed by atoms with Crippen LogP contribution in [0.15, 0.2) is 30.6 Å². The topological polar surface area (TPSA) is 69.8 Å². The largest absolute Gasteiger partial charge is 0.348 e. The first kappa shape index (κ1) is 13.1.